The summed E-state index contributed by atoms with van der Waals surface area (Å²) >= 11 is 1.74. The number of fused-ring (bicyclic) bond motifs is 1. The summed E-state index contributed by atoms with van der Waals surface area (Å²) in [6.07, 6.45) is 36.8. The van der Waals surface area contributed by atoms with Gasteiger partial charge in [0.05, 0.1) is 51.1 Å². The van der Waals surface area contributed by atoms with E-state index < -0.39 is 0 Å². The summed E-state index contributed by atoms with van der Waals surface area (Å²) in [4.78, 5) is 86.1. The number of nitrogens with one attached hydrogen (secondary N) is 4. The van der Waals surface area contributed by atoms with Crippen LogP contribution in [-0.4, -0.2) is 99.7 Å². The number of thiazole rings is 1. The molecule has 4 aromatic heterocycles. The number of pyridine rings is 1. The molecule has 0 atom stereocenters. The lowest BCUT2D eigenvalue weighted by Gasteiger charge is -2.28. The van der Waals surface area contributed by atoms with Crippen molar-refractivity contribution < 1.29 is 47.7 Å². The van der Waals surface area contributed by atoms with Crippen LogP contribution in [0.25, 0.3) is 10.8 Å². The zero-order valence-electron chi connectivity index (χ0n) is 94.6. The number of Topliss-reactive ketones (excluding diaryl/α,β-unsaturated/α-hetero) is 2. The Balaban J connectivity index is -0.000000707. The maximum atomic E-state index is 11.2. The highest BCUT2D eigenvalue weighted by Crippen LogP contribution is 2.35. The van der Waals surface area contributed by atoms with Gasteiger partial charge in [0.1, 0.15) is 17.4 Å². The summed E-state index contributed by atoms with van der Waals surface area (Å²) in [5.41, 5.74) is 6.45. The number of hydrogen-bond donors (Lipinski definition) is 4. The van der Waals surface area contributed by atoms with Crippen LogP contribution in [0.1, 0.15) is 345 Å². The van der Waals surface area contributed by atoms with E-state index in [1.807, 2.05) is 175 Å². The number of ether oxygens (including phenoxy) is 4. The largest absolute Gasteiger partial charge is 0.493 e. The van der Waals surface area contributed by atoms with Crippen molar-refractivity contribution in [2.24, 2.45) is 112 Å². The van der Waals surface area contributed by atoms with Crippen molar-refractivity contribution in [2.45, 2.75) is 351 Å². The van der Waals surface area contributed by atoms with Crippen LogP contribution in [0.4, 0.5) is 0 Å². The van der Waals surface area contributed by atoms with Gasteiger partial charge < -0.3 is 39.5 Å². The molecular weight excluding hydrogens is 1750 g/mol. The van der Waals surface area contributed by atoms with Crippen molar-refractivity contribution in [1.29, 1.82) is 0 Å². The number of amides is 2. The number of hydrogen-bond acceptors (Lipinski definition) is 15. The average Bonchev–Trinajstić information content (AvgIpc) is 1.44. The Hall–Kier alpha value is -9.10. The molecule has 3 fully saturated rings. The molecule has 0 aliphatic heterocycles. The summed E-state index contributed by atoms with van der Waals surface area (Å²) in [7, 11) is 4.71. The number of carbonyl (C=O) groups is 6. The molecule has 0 unspecified atom stereocenters. The molecule has 8 aromatic rings. The van der Waals surface area contributed by atoms with Crippen LogP contribution < -0.4 is 20.1 Å². The first-order chi connectivity index (χ1) is 65.4. The first kappa shape index (κ1) is 136. The van der Waals surface area contributed by atoms with Crippen LogP contribution >= 0.6 is 11.3 Å². The molecule has 18 nitrogen and oxygen atoms in total. The van der Waals surface area contributed by atoms with Crippen LogP contribution in [0.5, 0.6) is 11.5 Å². The number of carbonyl (C=O) groups excluding carboxylic acids is 6. The van der Waals surface area contributed by atoms with Gasteiger partial charge in [-0.05, 0) is 167 Å². The molecule has 0 bridgehead atoms. The second-order valence-electron chi connectivity index (χ2n) is 42.3. The van der Waals surface area contributed by atoms with Crippen molar-refractivity contribution >= 4 is 57.4 Å². The van der Waals surface area contributed by atoms with E-state index in [2.05, 4.69) is 231 Å². The number of aromatic amines is 2. The predicted octanol–water partition coefficient (Wildman–Crippen LogP) is 30.9. The molecular formula is C120H202N8O10S. The minimum atomic E-state index is -0.153. The highest BCUT2D eigenvalue weighted by molar-refractivity contribution is 7.09. The van der Waals surface area contributed by atoms with E-state index in [0.29, 0.717) is 55.6 Å². The zero-order chi connectivity index (χ0) is 107. The summed E-state index contributed by atoms with van der Waals surface area (Å²) in [5, 5.41) is 11.6. The fourth-order valence-corrected chi connectivity index (χ4v) is 13.7. The van der Waals surface area contributed by atoms with Crippen LogP contribution in [0, 0.1) is 112 Å². The fourth-order valence-electron chi connectivity index (χ4n) is 12.9. The Morgan fingerprint density at radius 1 is 0.460 bits per heavy atom. The monoisotopic (exact) mass is 1950 g/mol. The molecule has 4 heterocycles. The van der Waals surface area contributed by atoms with Gasteiger partial charge in [-0.25, -0.2) is 15.0 Å². The van der Waals surface area contributed by atoms with Crippen molar-refractivity contribution in [2.75, 3.05) is 34.5 Å². The SMILES string of the molecule is C=CCNC(=O)C(C)C.CC(=O)C(C)C.CC(C)C(=O)NCc1ccccc1.CC(C)C1CCC1.CC(C)C1CCCC1.CC(C)CC1CC1.CC(C)COC(=O)C(C)C.CC(C)Cc1cccc2ccccc12.CC(C)Cc1cccnc1.CC(C)Cc1cnc[nH]1.CC(C)Cc1ncc[nH]1.CC(C)Cc1nccs1.CCC(=O)C(C)C.COC(=O)C(C)C.COc1ccc(CC(C)C)cc1OC. The standard InChI is InChI=1S/C14H16.C12H18O2.C11H15NO.C9H13N.C8H16O2.C8H16.2C7H12N2.C7H13NO.C7H11NS.2C7H14.C6H12O.C5H10O2.C5H10O/c1-11(2)10-13-8-5-7-12-6-3-4-9-14(12)13;1-9(2)7-10-5-6-11(13-3)12(8-10)14-4;1-9(2)11(13)12-8-10-6-4-3-5-7-10;1-8(2)6-9-4-3-5-10-7-9;1-6(2)5-10-8(9)7(3)4;1-7(2)8-5-3-4-6-8;1-6(2)3-7-4-8-5-9-7;1-6(2)5-7-8-3-4-9-7;1-4-5-8-7(9)6(2)3;1-6(2)5-7-8-3-4-9-7;1-6(2)5-7-3-4-7;1-6(2)7-4-3-5-7;1-4-6(7)5(2)3;1-4(2)5(6)7-3;1-4(2)5(3)6/h3-9,11H,10H2,1-2H3;5-6,8-9H,7H2,1-4H3;3-7,9H,8H2,1-2H3,(H,12,13);3-5,7-8H,6H2,1-2H3;6-7H,5H2,1-4H3;7-8H,3-6H2,1-2H3;4-6H,3H2,1-2H3,(H,8,9);3-4,6H,5H2,1-2H3,(H,8,9);4,6H,1,5H2,2-3H3,(H,8,9);3-4,6H,5H2,1-2H3;2*6-7H,3-5H2,1-2H3;5H,4H2,1-3H3;4H,1-3H3;4H,1-3H3. The Morgan fingerprint density at radius 2 is 0.971 bits per heavy atom. The molecule has 0 radical (unpaired) electrons. The third kappa shape index (κ3) is 81.2. The van der Waals surface area contributed by atoms with Crippen LogP contribution in [0.15, 0.2) is 165 Å². The molecule has 3 saturated carbocycles. The van der Waals surface area contributed by atoms with Crippen molar-refractivity contribution in [3.05, 3.63) is 203 Å². The van der Waals surface area contributed by atoms with E-state index in [4.69, 9.17) is 14.2 Å². The number of rotatable bonds is 31. The van der Waals surface area contributed by atoms with Gasteiger partial charge in [-0.2, -0.15) is 0 Å². The van der Waals surface area contributed by atoms with Gasteiger partial charge in [0.25, 0.3) is 0 Å². The lowest BCUT2D eigenvalue weighted by molar-refractivity contribution is -0.148. The molecule has 4 N–H and O–H groups in total. The van der Waals surface area contributed by atoms with Gasteiger partial charge in [0.2, 0.25) is 11.8 Å². The van der Waals surface area contributed by atoms with E-state index in [9.17, 15) is 28.8 Å². The Kier molecular flexibility index (Phi) is 82.8. The third-order valence-corrected chi connectivity index (χ3v) is 22.4. The normalized spacial score (nSPS) is 12.1. The Labute approximate surface area is 853 Å². The quantitative estimate of drug-likeness (QED) is 0.0233. The van der Waals surface area contributed by atoms with Crippen LogP contribution in [-0.2, 0) is 83.3 Å². The first-order valence-electron chi connectivity index (χ1n) is 52.3. The Morgan fingerprint density at radius 3 is 1.34 bits per heavy atom. The van der Waals surface area contributed by atoms with E-state index in [1.54, 1.807) is 64.9 Å². The number of H-pyrrole nitrogens is 2. The molecule has 0 spiro atoms. The molecule has 3 aliphatic carbocycles. The van der Waals surface area contributed by atoms with Gasteiger partial charge in [0.15, 0.2) is 11.5 Å². The maximum absolute atomic E-state index is 11.2. The highest BCUT2D eigenvalue weighted by atomic mass is 32.1. The zero-order valence-corrected chi connectivity index (χ0v) is 95.4. The van der Waals surface area contributed by atoms with Gasteiger partial charge in [-0.3, -0.25) is 33.8 Å². The number of aromatic nitrogens is 6. The topological polar surface area (TPSA) is 247 Å². The summed E-state index contributed by atoms with van der Waals surface area (Å²) in [6.45, 7) is 75.6. The molecule has 3 aliphatic rings. The average molecular weight is 1950 g/mol. The predicted molar refractivity (Wildman–Crippen MR) is 594 cm³/mol. The summed E-state index contributed by atoms with van der Waals surface area (Å²) in [6, 6.07) is 35.3. The molecule has 788 valence electrons. The van der Waals surface area contributed by atoms with Gasteiger partial charge in [0, 0.05) is 104 Å². The van der Waals surface area contributed by atoms with Crippen LogP contribution in [0.2, 0.25) is 0 Å². The summed E-state index contributed by atoms with van der Waals surface area (Å²) in [5.74, 6) is 14.6. The van der Waals surface area contributed by atoms with Gasteiger partial charge in [-0.1, -0.05) is 377 Å². The van der Waals surface area contributed by atoms with Gasteiger partial charge in [-0.15, -0.1) is 17.9 Å². The van der Waals surface area contributed by atoms with Gasteiger partial charge >= 0.3 is 11.9 Å². The molecule has 139 heavy (non-hydrogen) atoms. The fraction of sp³-hybridized carbons (Fsp3) is 0.633. The Bertz CT molecular complexity index is 4110. The number of esters is 2. The summed E-state index contributed by atoms with van der Waals surface area (Å²) < 4.78 is 19.7. The van der Waals surface area contributed by atoms with Crippen molar-refractivity contribution in [3.8, 4) is 11.5 Å². The smallest absolute Gasteiger partial charge is 0.308 e. The first-order valence-corrected chi connectivity index (χ1v) is 53.2. The number of imidazole rings is 2. The minimum Gasteiger partial charge on any atom is -0.493 e. The molecule has 19 heteroatoms. The number of nitrogens with zero attached hydrogens (tertiary/aromatic N) is 4. The second-order valence-corrected chi connectivity index (χ2v) is 43.2. The van der Waals surface area contributed by atoms with E-state index in [1.165, 1.54) is 116 Å². The second kappa shape index (κ2) is 84.6. The molecule has 4 aromatic carbocycles. The van der Waals surface area contributed by atoms with Crippen molar-refractivity contribution in [3.63, 3.8) is 0 Å². The van der Waals surface area contributed by atoms with E-state index >= 15 is 0 Å². The van der Waals surface area contributed by atoms with E-state index in [-0.39, 0.29) is 65.0 Å². The minimum absolute atomic E-state index is 0.00116. The lowest BCUT2D eigenvalue weighted by Crippen LogP contribution is -2.27. The number of benzene rings is 4. The third-order valence-electron chi connectivity index (χ3n) is 21.6. The molecule has 11 rings (SSSR count). The number of ketones is 2. The number of methoxy groups -OCH3 is 3. The van der Waals surface area contributed by atoms with Crippen molar-refractivity contribution in [1.82, 2.24) is 40.5 Å². The highest BCUT2D eigenvalue weighted by Gasteiger charge is 2.22. The molecule has 0 saturated heterocycles. The molecule has 2 amide bonds. The maximum Gasteiger partial charge on any atom is 0.308 e. The van der Waals surface area contributed by atoms with Crippen LogP contribution in [0.3, 0.4) is 0 Å². The lowest BCUT2D eigenvalue weighted by atomic mass is 9.78. The van der Waals surface area contributed by atoms with E-state index in [0.717, 1.165) is 108 Å².